The Morgan fingerprint density at radius 1 is 0.827 bits per heavy atom. The number of methoxy groups -OCH3 is 2. The Kier molecular flexibility index (Phi) is 9.35. The number of esters is 2. The molecule has 12 nitrogen and oxygen atoms in total. The molecule has 0 saturated heterocycles. The van der Waals surface area contributed by atoms with Crippen molar-refractivity contribution >= 4 is 68.7 Å². The summed E-state index contributed by atoms with van der Waals surface area (Å²) in [5, 5.41) is 19.2. The molecule has 3 aromatic rings. The van der Waals surface area contributed by atoms with Crippen molar-refractivity contribution in [3.05, 3.63) is 93.6 Å². The molecule has 0 radical (unpaired) electrons. The first-order chi connectivity index (χ1) is 24.7. The maximum absolute atomic E-state index is 13.6. The second-order valence-corrected chi connectivity index (χ2v) is 13.3. The lowest BCUT2D eigenvalue weighted by atomic mass is 9.64. The number of carboxylic acid groups (broad SMARTS) is 2. The number of aryl methyl sites for hydroxylation is 3. The molecule has 8 bridgehead atoms. The molecule has 0 amide bonds. The van der Waals surface area contributed by atoms with Crippen LogP contribution in [0.15, 0.2) is 48.6 Å². The van der Waals surface area contributed by atoms with E-state index in [1.165, 1.54) is 14.2 Å². The molecule has 3 aromatic heterocycles. The molecule has 0 spiro atoms. The van der Waals surface area contributed by atoms with Crippen LogP contribution in [0, 0.1) is 19.8 Å². The number of H-pyrrole nitrogens is 2. The molecular weight excluding hydrogens is 664 g/mol. The predicted molar refractivity (Wildman–Crippen MR) is 197 cm³/mol. The largest absolute Gasteiger partial charge is 0.481 e. The summed E-state index contributed by atoms with van der Waals surface area (Å²) in [6.45, 7) is 11.7. The number of rotatable bonds is 9. The highest BCUT2D eigenvalue weighted by Crippen LogP contribution is 2.52. The van der Waals surface area contributed by atoms with Crippen LogP contribution in [0.4, 0.5) is 0 Å². The summed E-state index contributed by atoms with van der Waals surface area (Å²) in [5.74, 6) is -4.31. The Labute approximate surface area is 299 Å². The summed E-state index contributed by atoms with van der Waals surface area (Å²) in [7, 11) is 2.52. The van der Waals surface area contributed by atoms with Crippen LogP contribution >= 0.6 is 0 Å². The average Bonchev–Trinajstić information content (AvgIpc) is 3.76. The summed E-state index contributed by atoms with van der Waals surface area (Å²) >= 11 is 0. The van der Waals surface area contributed by atoms with Gasteiger partial charge in [-0.05, 0) is 98.2 Å². The zero-order valence-electron chi connectivity index (χ0n) is 29.9. The van der Waals surface area contributed by atoms with Crippen LogP contribution in [-0.4, -0.2) is 68.2 Å². The molecule has 5 heterocycles. The van der Waals surface area contributed by atoms with Crippen molar-refractivity contribution in [1.82, 2.24) is 19.9 Å². The minimum absolute atomic E-state index is 0.101. The van der Waals surface area contributed by atoms with Gasteiger partial charge < -0.3 is 29.7 Å². The van der Waals surface area contributed by atoms with Crippen molar-refractivity contribution in [2.75, 3.05) is 14.2 Å². The van der Waals surface area contributed by atoms with Gasteiger partial charge in [-0.25, -0.2) is 9.78 Å². The summed E-state index contributed by atoms with van der Waals surface area (Å²) in [6, 6.07) is 7.46. The number of carbonyl (C=O) groups is 4. The molecule has 1 aliphatic carbocycles. The van der Waals surface area contributed by atoms with E-state index in [-0.39, 0.29) is 31.3 Å². The standard InChI is InChI=1S/C40H40N4O8/c1-8-22-19(2)28-16-33-26-12-9-25(38(49)51-6)37(39(50)52-7)40(26,5)34(44-33)18-29-21(4)24(11-14-36(47)48)32(43-29)17-31-23(10-13-35(45)46)20(3)27(42-31)15-30(22)41-28/h8-9,12,15-18,37,41,43H,1,10-11,13-14H2,2-7H3,(H,45,46)(H,47,48)/t37-,40+/m0/s1. The van der Waals surface area contributed by atoms with E-state index in [1.807, 2.05) is 52.0 Å². The number of nitrogens with zero attached hydrogens (tertiary/aromatic N) is 2. The number of aromatic nitrogens is 4. The lowest BCUT2D eigenvalue weighted by Gasteiger charge is -2.36. The second kappa shape index (κ2) is 13.6. The van der Waals surface area contributed by atoms with Gasteiger partial charge in [0.15, 0.2) is 0 Å². The minimum Gasteiger partial charge on any atom is -0.481 e. The molecule has 6 rings (SSSR count). The van der Waals surface area contributed by atoms with E-state index in [2.05, 4.69) is 16.5 Å². The molecule has 3 aliphatic rings. The van der Waals surface area contributed by atoms with Gasteiger partial charge in [-0.3, -0.25) is 19.4 Å². The van der Waals surface area contributed by atoms with Crippen LogP contribution in [0.2, 0.25) is 0 Å². The maximum atomic E-state index is 13.6. The van der Waals surface area contributed by atoms with Gasteiger partial charge in [0, 0.05) is 40.5 Å². The molecular formula is C40H40N4O8. The van der Waals surface area contributed by atoms with Crippen molar-refractivity contribution in [2.24, 2.45) is 5.92 Å². The van der Waals surface area contributed by atoms with E-state index in [0.717, 1.165) is 44.4 Å². The van der Waals surface area contributed by atoms with Crippen LogP contribution in [-0.2, 0) is 40.5 Å². The van der Waals surface area contributed by atoms with Gasteiger partial charge in [-0.15, -0.1) is 0 Å². The van der Waals surface area contributed by atoms with Gasteiger partial charge in [-0.2, -0.15) is 0 Å². The lowest BCUT2D eigenvalue weighted by Crippen LogP contribution is -2.42. The number of hydrogen-bond donors (Lipinski definition) is 4. The normalized spacial score (nSPS) is 17.9. The molecule has 4 N–H and O–H groups in total. The highest BCUT2D eigenvalue weighted by atomic mass is 16.5. The minimum atomic E-state index is -1.19. The molecule has 12 heteroatoms. The first-order valence-corrected chi connectivity index (χ1v) is 16.8. The number of ether oxygens (including phenoxy) is 2. The van der Waals surface area contributed by atoms with E-state index < -0.39 is 35.2 Å². The molecule has 52 heavy (non-hydrogen) atoms. The van der Waals surface area contributed by atoms with Gasteiger partial charge in [-0.1, -0.05) is 24.8 Å². The number of carboxylic acids is 2. The fourth-order valence-corrected chi connectivity index (χ4v) is 7.59. The van der Waals surface area contributed by atoms with E-state index in [4.69, 9.17) is 19.4 Å². The third-order valence-corrected chi connectivity index (χ3v) is 10.5. The Bertz CT molecular complexity index is 2360. The van der Waals surface area contributed by atoms with Crippen LogP contribution in [0.1, 0.15) is 78.1 Å². The average molecular weight is 705 g/mol. The molecule has 0 unspecified atom stereocenters. The van der Waals surface area contributed by atoms with Crippen LogP contribution < -0.4 is 0 Å². The molecule has 268 valence electrons. The van der Waals surface area contributed by atoms with Gasteiger partial charge in [0.25, 0.3) is 0 Å². The van der Waals surface area contributed by atoms with Crippen molar-refractivity contribution < 1.29 is 38.9 Å². The smallest absolute Gasteiger partial charge is 0.334 e. The molecule has 0 saturated carbocycles. The number of aliphatic carboxylic acids is 2. The number of allylic oxidation sites excluding steroid dienone is 5. The van der Waals surface area contributed by atoms with Gasteiger partial charge in [0.1, 0.15) is 5.92 Å². The van der Waals surface area contributed by atoms with Gasteiger partial charge in [0.2, 0.25) is 0 Å². The van der Waals surface area contributed by atoms with Crippen molar-refractivity contribution in [3.8, 4) is 0 Å². The van der Waals surface area contributed by atoms with E-state index in [9.17, 15) is 29.4 Å². The Hall–Kier alpha value is -6.04. The highest BCUT2D eigenvalue weighted by Gasteiger charge is 2.53. The Balaban J connectivity index is 1.78. The molecule has 2 atom stereocenters. The third kappa shape index (κ3) is 5.93. The summed E-state index contributed by atoms with van der Waals surface area (Å²) < 4.78 is 10.4. The van der Waals surface area contributed by atoms with Gasteiger partial charge >= 0.3 is 23.9 Å². The van der Waals surface area contributed by atoms with Crippen LogP contribution in [0.3, 0.4) is 0 Å². The van der Waals surface area contributed by atoms with Crippen LogP contribution in [0.5, 0.6) is 0 Å². The predicted octanol–water partition coefficient (Wildman–Crippen LogP) is 6.63. The third-order valence-electron chi connectivity index (χ3n) is 10.5. The lowest BCUT2D eigenvalue weighted by molar-refractivity contribution is -0.149. The Morgan fingerprint density at radius 3 is 2.12 bits per heavy atom. The fraction of sp³-hybridized carbons (Fsp3) is 0.300. The molecule has 0 aromatic carbocycles. The summed E-state index contributed by atoms with van der Waals surface area (Å²) in [4.78, 5) is 67.3. The number of carbonyl (C=O) groups excluding carboxylic acids is 2. The molecule has 2 aliphatic heterocycles. The summed E-state index contributed by atoms with van der Waals surface area (Å²) in [5.41, 5.74) is 9.40. The van der Waals surface area contributed by atoms with E-state index in [1.54, 1.807) is 18.2 Å². The second-order valence-electron chi connectivity index (χ2n) is 13.3. The monoisotopic (exact) mass is 704 g/mol. The number of hydrogen-bond acceptors (Lipinski definition) is 8. The molecule has 0 fully saturated rings. The zero-order valence-corrected chi connectivity index (χ0v) is 29.9. The quantitative estimate of drug-likeness (QED) is 0.176. The SMILES string of the molecule is C=Cc1c(C)c2cc3nc(cc4[nH]c(cc5nc(cc1[nH]2)C(C)=C5CCC(=O)O)c(CCC(=O)O)c4C)[C@@]1(C)C3=CC=C(C(=O)OC)[C@H]1C(=O)OC. The Morgan fingerprint density at radius 2 is 1.46 bits per heavy atom. The van der Waals surface area contributed by atoms with E-state index >= 15 is 0 Å². The maximum Gasteiger partial charge on any atom is 0.334 e. The summed E-state index contributed by atoms with van der Waals surface area (Å²) in [6.07, 6.45) is 5.32. The van der Waals surface area contributed by atoms with Crippen molar-refractivity contribution in [1.29, 1.82) is 0 Å². The van der Waals surface area contributed by atoms with Crippen molar-refractivity contribution in [2.45, 2.75) is 58.8 Å². The van der Waals surface area contributed by atoms with Crippen LogP contribution in [0.25, 0.3) is 44.9 Å². The van der Waals surface area contributed by atoms with Gasteiger partial charge in [0.05, 0.1) is 48.0 Å². The topological polar surface area (TPSA) is 185 Å². The van der Waals surface area contributed by atoms with Crippen molar-refractivity contribution in [3.63, 3.8) is 0 Å². The number of fused-ring (bicyclic) bond motifs is 11. The number of nitrogens with one attached hydrogen (secondary N) is 2. The first-order valence-electron chi connectivity index (χ1n) is 16.8. The fourth-order valence-electron chi connectivity index (χ4n) is 7.59. The highest BCUT2D eigenvalue weighted by molar-refractivity contribution is 6.02. The van der Waals surface area contributed by atoms with E-state index in [0.29, 0.717) is 39.4 Å². The number of aromatic amines is 2. The zero-order chi connectivity index (χ0) is 37.6. The first kappa shape index (κ1) is 35.8.